The molecule has 0 aromatic rings. The summed E-state index contributed by atoms with van der Waals surface area (Å²) in [6, 6.07) is -1.11. The second-order valence-corrected chi connectivity index (χ2v) is 7.09. The van der Waals surface area contributed by atoms with E-state index < -0.39 is 41.1 Å². The van der Waals surface area contributed by atoms with E-state index in [1.165, 1.54) is 21.3 Å². The minimum atomic E-state index is -2.10. The van der Waals surface area contributed by atoms with E-state index in [1.54, 1.807) is 27.7 Å². The van der Waals surface area contributed by atoms with Crippen LogP contribution in [0.2, 0.25) is 0 Å². The Morgan fingerprint density at radius 1 is 1.23 bits per heavy atom. The lowest BCUT2D eigenvalue weighted by Crippen LogP contribution is -2.66. The van der Waals surface area contributed by atoms with Crippen LogP contribution in [-0.4, -0.2) is 85.5 Å². The molecule has 10 heteroatoms. The Hall–Kier alpha value is -1.75. The van der Waals surface area contributed by atoms with E-state index in [1.807, 2.05) is 0 Å². The van der Waals surface area contributed by atoms with E-state index in [4.69, 9.17) is 18.9 Å². The molecule has 0 aromatic heterocycles. The summed E-state index contributed by atoms with van der Waals surface area (Å²) in [5.41, 5.74) is -3.08. The lowest BCUT2D eigenvalue weighted by molar-refractivity contribution is -0.254. The van der Waals surface area contributed by atoms with Gasteiger partial charge in [0.1, 0.15) is 6.61 Å². The Labute approximate surface area is 152 Å². The Kier molecular flexibility index (Phi) is 7.11. The lowest BCUT2D eigenvalue weighted by atomic mass is 9.94. The molecular weight excluding hydrogens is 348 g/mol. The average molecular weight is 376 g/mol. The number of amides is 2. The molecule has 26 heavy (non-hydrogen) atoms. The Bertz CT molecular complexity index is 539. The number of carbonyl (C=O) groups is 3. The first-order valence-corrected chi connectivity index (χ1v) is 8.07. The third-order valence-corrected chi connectivity index (χ3v) is 4.19. The summed E-state index contributed by atoms with van der Waals surface area (Å²) in [4.78, 5) is 38.8. The maximum atomic E-state index is 13.1. The summed E-state index contributed by atoms with van der Waals surface area (Å²) in [5, 5.41) is 10.7. The smallest absolute Gasteiger partial charge is 0.331 e. The molecule has 3 atom stereocenters. The fourth-order valence-electron chi connectivity index (χ4n) is 2.50. The van der Waals surface area contributed by atoms with Crippen molar-refractivity contribution in [1.82, 2.24) is 9.96 Å². The summed E-state index contributed by atoms with van der Waals surface area (Å²) >= 11 is 0. The van der Waals surface area contributed by atoms with E-state index in [2.05, 4.69) is 0 Å². The second-order valence-electron chi connectivity index (χ2n) is 7.09. The predicted molar refractivity (Wildman–Crippen MR) is 87.8 cm³/mol. The van der Waals surface area contributed by atoms with Crippen molar-refractivity contribution in [2.24, 2.45) is 5.41 Å². The highest BCUT2D eigenvalue weighted by atomic mass is 16.8. The van der Waals surface area contributed by atoms with Crippen LogP contribution in [0.4, 0.5) is 0 Å². The van der Waals surface area contributed by atoms with Crippen LogP contribution >= 0.6 is 0 Å². The zero-order valence-corrected chi connectivity index (χ0v) is 16.3. The highest BCUT2D eigenvalue weighted by molar-refractivity contribution is 5.93. The van der Waals surface area contributed by atoms with Crippen molar-refractivity contribution in [3.8, 4) is 0 Å². The number of likely N-dealkylation sites (N-methyl/N-ethyl adjacent to an activating group) is 1. The molecule has 1 aliphatic heterocycles. The van der Waals surface area contributed by atoms with Gasteiger partial charge in [-0.3, -0.25) is 14.8 Å². The van der Waals surface area contributed by atoms with Gasteiger partial charge in [0.2, 0.25) is 0 Å². The molecule has 0 spiro atoms. The number of hydrogen-bond donors (Lipinski definition) is 1. The SMILES string of the molecule is COC(=O)C(C(C)OC)N(C)C(=O)C1(N(O)C(=O)C(C)(C)C)COCO1. The van der Waals surface area contributed by atoms with Crippen LogP contribution in [-0.2, 0) is 33.3 Å². The molecular formula is C16H28N2O8. The predicted octanol–water partition coefficient (Wildman–Crippen LogP) is -0.0142. The van der Waals surface area contributed by atoms with Gasteiger partial charge in [0.15, 0.2) is 12.8 Å². The first-order chi connectivity index (χ1) is 11.9. The van der Waals surface area contributed by atoms with Crippen LogP contribution in [0, 0.1) is 5.41 Å². The van der Waals surface area contributed by atoms with E-state index in [0.717, 1.165) is 4.90 Å². The topological polar surface area (TPSA) is 115 Å². The Morgan fingerprint density at radius 3 is 2.19 bits per heavy atom. The van der Waals surface area contributed by atoms with E-state index in [9.17, 15) is 19.6 Å². The van der Waals surface area contributed by atoms with Gasteiger partial charge in [-0.1, -0.05) is 20.8 Å². The molecule has 1 fully saturated rings. The van der Waals surface area contributed by atoms with E-state index in [0.29, 0.717) is 0 Å². The van der Waals surface area contributed by atoms with Crippen molar-refractivity contribution in [2.45, 2.75) is 45.6 Å². The van der Waals surface area contributed by atoms with E-state index >= 15 is 0 Å². The largest absolute Gasteiger partial charge is 0.467 e. The third-order valence-electron chi connectivity index (χ3n) is 4.19. The van der Waals surface area contributed by atoms with Gasteiger partial charge in [0, 0.05) is 19.6 Å². The summed E-state index contributed by atoms with van der Waals surface area (Å²) < 4.78 is 20.3. The molecule has 150 valence electrons. The number of esters is 1. The van der Waals surface area contributed by atoms with Crippen LogP contribution in [0.1, 0.15) is 27.7 Å². The highest BCUT2D eigenvalue weighted by Crippen LogP contribution is 2.30. The monoisotopic (exact) mass is 376 g/mol. The minimum absolute atomic E-state index is 0.241. The number of hydroxylamine groups is 2. The van der Waals surface area contributed by atoms with Gasteiger partial charge < -0.3 is 23.8 Å². The number of rotatable bonds is 6. The molecule has 1 heterocycles. The molecule has 0 radical (unpaired) electrons. The van der Waals surface area contributed by atoms with E-state index in [-0.39, 0.29) is 18.5 Å². The molecule has 10 nitrogen and oxygen atoms in total. The van der Waals surface area contributed by atoms with Crippen molar-refractivity contribution in [2.75, 3.05) is 34.7 Å². The first kappa shape index (κ1) is 22.3. The van der Waals surface area contributed by atoms with Gasteiger partial charge in [0.05, 0.1) is 13.2 Å². The molecule has 0 saturated carbocycles. The van der Waals surface area contributed by atoms with Crippen molar-refractivity contribution in [1.29, 1.82) is 0 Å². The Morgan fingerprint density at radius 2 is 1.81 bits per heavy atom. The minimum Gasteiger partial charge on any atom is -0.467 e. The molecule has 0 aliphatic carbocycles. The molecule has 1 N–H and O–H groups in total. The molecule has 1 rings (SSSR count). The zero-order valence-electron chi connectivity index (χ0n) is 16.3. The molecule has 1 saturated heterocycles. The summed E-state index contributed by atoms with van der Waals surface area (Å²) in [6.07, 6.45) is -0.707. The fourth-order valence-corrected chi connectivity index (χ4v) is 2.50. The van der Waals surface area contributed by atoms with Gasteiger partial charge in [0.25, 0.3) is 17.5 Å². The van der Waals surface area contributed by atoms with Crippen molar-refractivity contribution in [3.05, 3.63) is 0 Å². The first-order valence-electron chi connectivity index (χ1n) is 8.07. The van der Waals surface area contributed by atoms with Gasteiger partial charge >= 0.3 is 5.97 Å². The van der Waals surface area contributed by atoms with Crippen LogP contribution in [0.25, 0.3) is 0 Å². The fraction of sp³-hybridized carbons (Fsp3) is 0.812. The number of nitrogens with zero attached hydrogens (tertiary/aromatic N) is 2. The quantitative estimate of drug-likeness (QED) is 0.391. The molecule has 0 aromatic carbocycles. The van der Waals surface area contributed by atoms with Gasteiger partial charge in [-0.25, -0.2) is 4.79 Å². The zero-order chi connectivity index (χ0) is 20.3. The lowest BCUT2D eigenvalue weighted by Gasteiger charge is -2.40. The second kappa shape index (κ2) is 8.30. The van der Waals surface area contributed by atoms with Crippen LogP contribution in [0.3, 0.4) is 0 Å². The van der Waals surface area contributed by atoms with Gasteiger partial charge in [-0.05, 0) is 6.92 Å². The standard InChI is InChI=1S/C16H28N2O8/c1-10(23-6)11(12(19)24-7)17(5)14(21)16(8-25-9-26-16)18(22)13(20)15(2,3)4/h10-11,22H,8-9H2,1-7H3. The summed E-state index contributed by atoms with van der Waals surface area (Å²) in [6.45, 7) is 5.66. The van der Waals surface area contributed by atoms with Crippen LogP contribution in [0.15, 0.2) is 0 Å². The van der Waals surface area contributed by atoms with Gasteiger partial charge in [-0.2, -0.15) is 5.06 Å². The number of carbonyl (C=O) groups excluding carboxylic acids is 3. The molecule has 1 aliphatic rings. The molecule has 2 amide bonds. The normalized spacial score (nSPS) is 22.5. The average Bonchev–Trinajstić information content (AvgIpc) is 3.09. The van der Waals surface area contributed by atoms with Crippen molar-refractivity contribution in [3.63, 3.8) is 0 Å². The summed E-state index contributed by atoms with van der Waals surface area (Å²) in [7, 11) is 3.89. The number of ether oxygens (including phenoxy) is 4. The molecule has 3 unspecified atom stereocenters. The van der Waals surface area contributed by atoms with Crippen LogP contribution < -0.4 is 0 Å². The summed E-state index contributed by atoms with van der Waals surface area (Å²) in [5.74, 6) is -2.29. The van der Waals surface area contributed by atoms with Crippen LogP contribution in [0.5, 0.6) is 0 Å². The van der Waals surface area contributed by atoms with Gasteiger partial charge in [-0.15, -0.1) is 0 Å². The third kappa shape index (κ3) is 4.14. The number of hydrogen-bond acceptors (Lipinski definition) is 8. The maximum Gasteiger partial charge on any atom is 0.331 e. The van der Waals surface area contributed by atoms with Crippen molar-refractivity contribution < 1.29 is 38.5 Å². The Balaban J connectivity index is 3.25. The maximum absolute atomic E-state index is 13.1. The number of methoxy groups -OCH3 is 2. The van der Waals surface area contributed by atoms with Crippen molar-refractivity contribution >= 4 is 17.8 Å². The highest BCUT2D eigenvalue weighted by Gasteiger charge is 2.56. The molecule has 0 bridgehead atoms.